The molecular formula is C24H17ClN4O3. The fourth-order valence-electron chi connectivity index (χ4n) is 3.49. The van der Waals surface area contributed by atoms with Crippen LogP contribution in [-0.4, -0.2) is 28.7 Å². The lowest BCUT2D eigenvalue weighted by Crippen LogP contribution is -2.11. The van der Waals surface area contributed by atoms with Crippen LogP contribution >= 0.6 is 11.6 Å². The van der Waals surface area contributed by atoms with Crippen molar-refractivity contribution >= 4 is 34.7 Å². The fraction of sp³-hybridized carbons (Fsp3) is 0.0833. The molecular weight excluding hydrogens is 428 g/mol. The molecule has 4 heterocycles. The van der Waals surface area contributed by atoms with Crippen LogP contribution in [0.2, 0.25) is 5.02 Å². The number of fused-ring (bicyclic) bond motifs is 1. The Labute approximate surface area is 188 Å². The summed E-state index contributed by atoms with van der Waals surface area (Å²) in [7, 11) is 1.58. The van der Waals surface area contributed by atoms with Crippen molar-refractivity contribution < 1.29 is 13.9 Å². The number of carbonyl (C=O) groups is 1. The summed E-state index contributed by atoms with van der Waals surface area (Å²) in [5.41, 5.74) is 5.01. The molecule has 1 aliphatic rings. The summed E-state index contributed by atoms with van der Waals surface area (Å²) in [6, 6.07) is 14.4. The third kappa shape index (κ3) is 3.86. The summed E-state index contributed by atoms with van der Waals surface area (Å²) < 4.78 is 10.3. The van der Waals surface area contributed by atoms with E-state index in [0.717, 1.165) is 28.0 Å². The minimum atomic E-state index is -0.334. The average molecular weight is 445 g/mol. The lowest BCUT2D eigenvalue weighted by atomic mass is 10.0. The standard InChI is InChI=1S/C24H17ClN4O3/c1-31-22-7-4-14(12-26-22)16-9-15-10-20(29-23(15)27-13-16)18-11-17(5-6-19(18)25)28-24(30)21-3-2-8-32-21/h2-9,11-13H,10H2,1H3,(H,28,30). The van der Waals surface area contributed by atoms with Crippen LogP contribution < -0.4 is 10.1 Å². The van der Waals surface area contributed by atoms with Gasteiger partial charge in [-0.2, -0.15) is 0 Å². The van der Waals surface area contributed by atoms with Gasteiger partial charge in [0.1, 0.15) is 0 Å². The molecule has 1 amide bonds. The first-order chi connectivity index (χ1) is 15.6. The molecule has 5 rings (SSSR count). The molecule has 0 unspecified atom stereocenters. The summed E-state index contributed by atoms with van der Waals surface area (Å²) in [5, 5.41) is 3.37. The third-order valence-electron chi connectivity index (χ3n) is 5.10. The Morgan fingerprint density at radius 1 is 1.09 bits per heavy atom. The van der Waals surface area contributed by atoms with Crippen LogP contribution in [-0.2, 0) is 6.42 Å². The van der Waals surface area contributed by atoms with E-state index in [9.17, 15) is 4.79 Å². The molecule has 1 aromatic carbocycles. The minimum Gasteiger partial charge on any atom is -0.481 e. The van der Waals surface area contributed by atoms with Crippen molar-refractivity contribution in [3.63, 3.8) is 0 Å². The van der Waals surface area contributed by atoms with Gasteiger partial charge in [0.2, 0.25) is 5.88 Å². The summed E-state index contributed by atoms with van der Waals surface area (Å²) in [5.74, 6) is 1.12. The fourth-order valence-corrected chi connectivity index (χ4v) is 3.72. The van der Waals surface area contributed by atoms with Gasteiger partial charge in [0.05, 0.1) is 19.1 Å². The quantitative estimate of drug-likeness (QED) is 0.449. The molecule has 32 heavy (non-hydrogen) atoms. The Morgan fingerprint density at radius 2 is 1.97 bits per heavy atom. The smallest absolute Gasteiger partial charge is 0.291 e. The highest BCUT2D eigenvalue weighted by Gasteiger charge is 2.21. The molecule has 0 spiro atoms. The number of benzene rings is 1. The molecule has 158 valence electrons. The predicted octanol–water partition coefficient (Wildman–Crippen LogP) is 5.33. The number of hydrogen-bond donors (Lipinski definition) is 1. The number of hydrogen-bond acceptors (Lipinski definition) is 6. The molecule has 0 atom stereocenters. The Bertz CT molecular complexity index is 1330. The number of methoxy groups -OCH3 is 1. The molecule has 0 radical (unpaired) electrons. The van der Waals surface area contributed by atoms with Gasteiger partial charge in [-0.3, -0.25) is 4.79 Å². The van der Waals surface area contributed by atoms with Crippen molar-refractivity contribution in [1.82, 2.24) is 9.97 Å². The number of aliphatic imine (C=N–C) groups is 1. The molecule has 0 saturated heterocycles. The van der Waals surface area contributed by atoms with Crippen molar-refractivity contribution in [2.24, 2.45) is 4.99 Å². The largest absolute Gasteiger partial charge is 0.481 e. The van der Waals surface area contributed by atoms with Crippen LogP contribution in [0.4, 0.5) is 11.5 Å². The number of furan rings is 1. The van der Waals surface area contributed by atoms with Crippen LogP contribution in [0, 0.1) is 0 Å². The molecule has 7 nitrogen and oxygen atoms in total. The molecule has 0 aliphatic carbocycles. The van der Waals surface area contributed by atoms with E-state index in [4.69, 9.17) is 20.8 Å². The van der Waals surface area contributed by atoms with Gasteiger partial charge in [0, 0.05) is 57.8 Å². The van der Waals surface area contributed by atoms with Gasteiger partial charge >= 0.3 is 0 Å². The molecule has 4 aromatic rings. The Balaban J connectivity index is 1.38. The summed E-state index contributed by atoms with van der Waals surface area (Å²) in [6.07, 6.45) is 5.56. The topological polar surface area (TPSA) is 89.6 Å². The highest BCUT2D eigenvalue weighted by Crippen LogP contribution is 2.33. The summed E-state index contributed by atoms with van der Waals surface area (Å²) in [4.78, 5) is 25.7. The van der Waals surface area contributed by atoms with E-state index in [2.05, 4.69) is 26.3 Å². The zero-order chi connectivity index (χ0) is 22.1. The summed E-state index contributed by atoms with van der Waals surface area (Å²) >= 11 is 6.46. The molecule has 1 aliphatic heterocycles. The van der Waals surface area contributed by atoms with E-state index in [1.54, 1.807) is 43.8 Å². The van der Waals surface area contributed by atoms with Crippen LogP contribution in [0.3, 0.4) is 0 Å². The number of halogens is 1. The highest BCUT2D eigenvalue weighted by molar-refractivity contribution is 6.34. The number of amides is 1. The first kappa shape index (κ1) is 20.0. The number of rotatable bonds is 5. The SMILES string of the molecule is COc1ccc(-c2cnc3c(c2)CC(c2cc(NC(=O)c4ccco4)ccc2Cl)=N3)cn1. The predicted molar refractivity (Wildman–Crippen MR) is 122 cm³/mol. The zero-order valence-electron chi connectivity index (χ0n) is 17.0. The van der Waals surface area contributed by atoms with E-state index in [1.807, 2.05) is 18.2 Å². The maximum Gasteiger partial charge on any atom is 0.291 e. The van der Waals surface area contributed by atoms with Crippen molar-refractivity contribution in [2.75, 3.05) is 12.4 Å². The number of nitrogens with one attached hydrogen (secondary N) is 1. The van der Waals surface area contributed by atoms with Gasteiger partial charge in [-0.25, -0.2) is 15.0 Å². The maximum atomic E-state index is 12.3. The van der Waals surface area contributed by atoms with Gasteiger partial charge < -0.3 is 14.5 Å². The van der Waals surface area contributed by atoms with Crippen molar-refractivity contribution in [3.8, 4) is 17.0 Å². The van der Waals surface area contributed by atoms with Gasteiger partial charge in [-0.15, -0.1) is 0 Å². The lowest BCUT2D eigenvalue weighted by Gasteiger charge is -2.08. The van der Waals surface area contributed by atoms with Gasteiger partial charge in [-0.05, 0) is 42.5 Å². The number of aromatic nitrogens is 2. The Morgan fingerprint density at radius 3 is 2.72 bits per heavy atom. The maximum absolute atomic E-state index is 12.3. The number of pyridine rings is 2. The zero-order valence-corrected chi connectivity index (χ0v) is 17.8. The first-order valence-corrected chi connectivity index (χ1v) is 10.2. The normalized spacial score (nSPS) is 12.2. The van der Waals surface area contributed by atoms with Gasteiger partial charge in [-0.1, -0.05) is 11.6 Å². The molecule has 1 N–H and O–H groups in total. The third-order valence-corrected chi connectivity index (χ3v) is 5.43. The van der Waals surface area contributed by atoms with Crippen LogP contribution in [0.5, 0.6) is 5.88 Å². The average Bonchev–Trinajstić information content (AvgIpc) is 3.50. The van der Waals surface area contributed by atoms with E-state index in [0.29, 0.717) is 28.8 Å². The Kier molecular flexibility index (Phi) is 5.17. The second kappa shape index (κ2) is 8.28. The van der Waals surface area contributed by atoms with Crippen molar-refractivity contribution in [2.45, 2.75) is 6.42 Å². The van der Waals surface area contributed by atoms with Crippen molar-refractivity contribution in [3.05, 3.63) is 89.1 Å². The second-order valence-electron chi connectivity index (χ2n) is 7.16. The van der Waals surface area contributed by atoms with Crippen LogP contribution in [0.25, 0.3) is 11.1 Å². The summed E-state index contributed by atoms with van der Waals surface area (Å²) in [6.45, 7) is 0. The van der Waals surface area contributed by atoms with E-state index < -0.39 is 0 Å². The Hall–Kier alpha value is -3.97. The van der Waals surface area contributed by atoms with Gasteiger partial charge in [0.25, 0.3) is 5.91 Å². The van der Waals surface area contributed by atoms with Crippen LogP contribution in [0.1, 0.15) is 21.7 Å². The number of carbonyl (C=O) groups excluding carboxylic acids is 1. The van der Waals surface area contributed by atoms with E-state index >= 15 is 0 Å². The molecule has 8 heteroatoms. The van der Waals surface area contributed by atoms with Gasteiger partial charge in [0.15, 0.2) is 11.6 Å². The minimum absolute atomic E-state index is 0.233. The molecule has 0 bridgehead atoms. The van der Waals surface area contributed by atoms with E-state index in [-0.39, 0.29) is 11.7 Å². The number of anilines is 1. The molecule has 0 saturated carbocycles. The second-order valence-corrected chi connectivity index (χ2v) is 7.56. The monoisotopic (exact) mass is 444 g/mol. The lowest BCUT2D eigenvalue weighted by molar-refractivity contribution is 0.0996. The highest BCUT2D eigenvalue weighted by atomic mass is 35.5. The van der Waals surface area contributed by atoms with Crippen LogP contribution in [0.15, 0.2) is 76.6 Å². The van der Waals surface area contributed by atoms with E-state index in [1.165, 1.54) is 6.26 Å². The number of nitrogens with zero attached hydrogens (tertiary/aromatic N) is 3. The molecule has 3 aromatic heterocycles. The first-order valence-electron chi connectivity index (χ1n) is 9.82. The molecule has 0 fully saturated rings. The van der Waals surface area contributed by atoms with Crippen molar-refractivity contribution in [1.29, 1.82) is 0 Å². The number of ether oxygens (including phenoxy) is 1.